The van der Waals surface area contributed by atoms with Gasteiger partial charge in [0.05, 0.1) is 17.9 Å². The Bertz CT molecular complexity index is 1150. The summed E-state index contributed by atoms with van der Waals surface area (Å²) in [5, 5.41) is 14.8. The number of aryl methyl sites for hydroxylation is 1. The second-order valence-electron chi connectivity index (χ2n) is 6.76. The molecule has 2 N–H and O–H groups in total. The predicted molar refractivity (Wildman–Crippen MR) is 123 cm³/mol. The zero-order valence-corrected chi connectivity index (χ0v) is 18.8. The molecule has 1 aromatic heterocycles. The van der Waals surface area contributed by atoms with E-state index < -0.39 is 11.7 Å². The van der Waals surface area contributed by atoms with Gasteiger partial charge in [0.15, 0.2) is 11.0 Å². The van der Waals surface area contributed by atoms with Crippen LogP contribution in [0.2, 0.25) is 5.02 Å². The van der Waals surface area contributed by atoms with Crippen LogP contribution in [0.4, 0.5) is 10.1 Å². The van der Waals surface area contributed by atoms with Crippen LogP contribution in [0.1, 0.15) is 21.7 Å². The van der Waals surface area contributed by atoms with Gasteiger partial charge in [0, 0.05) is 17.3 Å². The number of hydrogen-bond donors (Lipinski definition) is 2. The molecule has 0 aliphatic heterocycles. The molecule has 1 heterocycles. The van der Waals surface area contributed by atoms with Crippen molar-refractivity contribution in [3.63, 3.8) is 0 Å². The Labute approximate surface area is 194 Å². The molecule has 0 saturated carbocycles. The number of nitrogens with one attached hydrogen (secondary N) is 2. The van der Waals surface area contributed by atoms with Crippen molar-refractivity contribution < 1.29 is 14.0 Å². The first-order valence-electron chi connectivity index (χ1n) is 9.63. The Morgan fingerprint density at radius 2 is 2.03 bits per heavy atom. The van der Waals surface area contributed by atoms with Gasteiger partial charge in [-0.1, -0.05) is 41.6 Å². The zero-order chi connectivity index (χ0) is 23.1. The van der Waals surface area contributed by atoms with E-state index in [0.29, 0.717) is 28.2 Å². The Hall–Kier alpha value is -3.17. The average molecular weight is 474 g/mol. The smallest absolute Gasteiger partial charge is 0.254 e. The fourth-order valence-electron chi connectivity index (χ4n) is 2.85. The summed E-state index contributed by atoms with van der Waals surface area (Å²) >= 11 is 7.15. The number of carbonyl (C=O) groups excluding carboxylic acids is 2. The van der Waals surface area contributed by atoms with Crippen LogP contribution in [-0.4, -0.2) is 32.3 Å². The summed E-state index contributed by atoms with van der Waals surface area (Å²) in [6, 6.07) is 11.0. The van der Waals surface area contributed by atoms with E-state index in [2.05, 4.69) is 27.4 Å². The molecule has 2 amide bonds. The van der Waals surface area contributed by atoms with E-state index in [1.807, 2.05) is 6.92 Å². The number of nitrogens with zero attached hydrogens (tertiary/aromatic N) is 3. The van der Waals surface area contributed by atoms with E-state index in [1.165, 1.54) is 30.0 Å². The van der Waals surface area contributed by atoms with Crippen LogP contribution < -0.4 is 10.6 Å². The molecule has 32 heavy (non-hydrogen) atoms. The van der Waals surface area contributed by atoms with Gasteiger partial charge in [-0.25, -0.2) is 4.39 Å². The van der Waals surface area contributed by atoms with Crippen LogP contribution >= 0.6 is 23.4 Å². The van der Waals surface area contributed by atoms with Crippen molar-refractivity contribution in [2.45, 2.75) is 25.2 Å². The van der Waals surface area contributed by atoms with E-state index >= 15 is 0 Å². The first-order chi connectivity index (χ1) is 15.4. The highest BCUT2D eigenvalue weighted by molar-refractivity contribution is 7.99. The Morgan fingerprint density at radius 1 is 1.25 bits per heavy atom. The third-order valence-electron chi connectivity index (χ3n) is 4.43. The van der Waals surface area contributed by atoms with Gasteiger partial charge < -0.3 is 15.2 Å². The third kappa shape index (κ3) is 5.95. The molecule has 7 nitrogen and oxygen atoms in total. The second-order valence-corrected chi connectivity index (χ2v) is 8.14. The maximum absolute atomic E-state index is 13.8. The van der Waals surface area contributed by atoms with Gasteiger partial charge in [0.1, 0.15) is 5.82 Å². The molecule has 2 aromatic carbocycles. The number of anilines is 1. The molecule has 0 fully saturated rings. The molecule has 0 bridgehead atoms. The minimum absolute atomic E-state index is 0.0464. The lowest BCUT2D eigenvalue weighted by atomic mass is 10.2. The summed E-state index contributed by atoms with van der Waals surface area (Å²) in [5.74, 6) is -0.785. The van der Waals surface area contributed by atoms with E-state index in [-0.39, 0.29) is 23.8 Å². The van der Waals surface area contributed by atoms with Crippen LogP contribution in [0.25, 0.3) is 0 Å². The lowest BCUT2D eigenvalue weighted by Gasteiger charge is -2.10. The van der Waals surface area contributed by atoms with E-state index in [0.717, 1.165) is 5.56 Å². The normalized spacial score (nSPS) is 10.6. The average Bonchev–Trinajstić information content (AvgIpc) is 3.15. The van der Waals surface area contributed by atoms with Gasteiger partial charge in [-0.2, -0.15) is 0 Å². The molecule has 0 saturated heterocycles. The summed E-state index contributed by atoms with van der Waals surface area (Å²) in [7, 11) is 0. The van der Waals surface area contributed by atoms with Gasteiger partial charge in [0.25, 0.3) is 5.91 Å². The summed E-state index contributed by atoms with van der Waals surface area (Å²) in [6.45, 7) is 6.02. The van der Waals surface area contributed by atoms with Crippen LogP contribution in [0.15, 0.2) is 60.3 Å². The van der Waals surface area contributed by atoms with E-state index in [1.54, 1.807) is 34.9 Å². The molecule has 3 aromatic rings. The molecule has 0 radical (unpaired) electrons. The molecule has 166 valence electrons. The quantitative estimate of drug-likeness (QED) is 0.358. The van der Waals surface area contributed by atoms with Crippen molar-refractivity contribution in [1.82, 2.24) is 20.1 Å². The molecule has 0 unspecified atom stereocenters. The number of thioether (sulfide) groups is 1. The molecule has 0 aliphatic carbocycles. The molecule has 0 spiro atoms. The minimum atomic E-state index is -0.601. The topological polar surface area (TPSA) is 88.9 Å². The maximum Gasteiger partial charge on any atom is 0.254 e. The lowest BCUT2D eigenvalue weighted by molar-refractivity contribution is -0.113. The summed E-state index contributed by atoms with van der Waals surface area (Å²) in [5.41, 5.74) is 1.49. The Balaban J connectivity index is 1.62. The number of benzene rings is 2. The number of allylic oxidation sites excluding steroid dienone is 1. The number of carbonyl (C=O) groups is 2. The lowest BCUT2D eigenvalue weighted by Crippen LogP contribution is -2.25. The number of hydrogen-bond acceptors (Lipinski definition) is 5. The van der Waals surface area contributed by atoms with Crippen LogP contribution in [0.5, 0.6) is 0 Å². The molecular weight excluding hydrogens is 453 g/mol. The van der Waals surface area contributed by atoms with Crippen molar-refractivity contribution in [3.05, 3.63) is 82.9 Å². The second kappa shape index (κ2) is 10.9. The summed E-state index contributed by atoms with van der Waals surface area (Å²) in [4.78, 5) is 24.6. The summed E-state index contributed by atoms with van der Waals surface area (Å²) in [6.07, 6.45) is 1.66. The van der Waals surface area contributed by atoms with Crippen molar-refractivity contribution >= 4 is 40.9 Å². The largest absolute Gasteiger partial charge is 0.345 e. The Kier molecular flexibility index (Phi) is 8.02. The van der Waals surface area contributed by atoms with Crippen molar-refractivity contribution in [3.8, 4) is 0 Å². The SMILES string of the molecule is C=CCn1c(CNC(=O)c2ccccc2F)nnc1SCC(=O)Nc1ccc(Cl)cc1C. The summed E-state index contributed by atoms with van der Waals surface area (Å²) < 4.78 is 15.5. The highest BCUT2D eigenvalue weighted by atomic mass is 35.5. The predicted octanol–water partition coefficient (Wildman–Crippen LogP) is 4.23. The van der Waals surface area contributed by atoms with Crippen LogP contribution in [-0.2, 0) is 17.9 Å². The zero-order valence-electron chi connectivity index (χ0n) is 17.3. The standard InChI is InChI=1S/C22H21ClFN5O2S/c1-3-10-29-19(12-25-21(31)16-6-4-5-7-17(16)24)27-28-22(29)32-13-20(30)26-18-9-8-15(23)11-14(18)2/h3-9,11H,1,10,12-13H2,2H3,(H,25,31)(H,26,30). The van der Waals surface area contributed by atoms with Gasteiger partial charge >= 0.3 is 0 Å². The van der Waals surface area contributed by atoms with Crippen molar-refractivity contribution in [1.29, 1.82) is 0 Å². The van der Waals surface area contributed by atoms with E-state index in [9.17, 15) is 14.0 Å². The van der Waals surface area contributed by atoms with Crippen LogP contribution in [0, 0.1) is 12.7 Å². The number of halogens is 2. The molecule has 10 heteroatoms. The van der Waals surface area contributed by atoms with Gasteiger partial charge in [-0.15, -0.1) is 16.8 Å². The van der Waals surface area contributed by atoms with Crippen LogP contribution in [0.3, 0.4) is 0 Å². The maximum atomic E-state index is 13.8. The first-order valence-corrected chi connectivity index (χ1v) is 11.0. The van der Waals surface area contributed by atoms with Crippen molar-refractivity contribution in [2.75, 3.05) is 11.1 Å². The molecule has 0 aliphatic rings. The van der Waals surface area contributed by atoms with E-state index in [4.69, 9.17) is 11.6 Å². The number of rotatable bonds is 9. The number of aromatic nitrogens is 3. The fourth-order valence-corrected chi connectivity index (χ4v) is 3.85. The minimum Gasteiger partial charge on any atom is -0.345 e. The highest BCUT2D eigenvalue weighted by Gasteiger charge is 2.16. The monoisotopic (exact) mass is 473 g/mol. The van der Waals surface area contributed by atoms with Gasteiger partial charge in [0.2, 0.25) is 5.91 Å². The molecule has 3 rings (SSSR count). The molecule has 0 atom stereocenters. The molecular formula is C22H21ClFN5O2S. The van der Waals surface area contributed by atoms with Gasteiger partial charge in [-0.3, -0.25) is 9.59 Å². The first kappa shape index (κ1) is 23.5. The Morgan fingerprint density at radius 3 is 2.75 bits per heavy atom. The third-order valence-corrected chi connectivity index (χ3v) is 5.63. The number of amides is 2. The fraction of sp³-hybridized carbons (Fsp3) is 0.182. The highest BCUT2D eigenvalue weighted by Crippen LogP contribution is 2.21. The van der Waals surface area contributed by atoms with Crippen molar-refractivity contribution in [2.24, 2.45) is 0 Å². The van der Waals surface area contributed by atoms with Gasteiger partial charge in [-0.05, 0) is 42.8 Å².